The van der Waals surface area contributed by atoms with Crippen LogP contribution in [0.25, 0.3) is 0 Å². The Kier molecular flexibility index (Phi) is 4.26. The first-order valence-corrected chi connectivity index (χ1v) is 8.56. The van der Waals surface area contributed by atoms with Crippen LogP contribution < -0.4 is 4.90 Å². The lowest BCUT2D eigenvalue weighted by Crippen LogP contribution is -2.33. The fourth-order valence-corrected chi connectivity index (χ4v) is 3.19. The third kappa shape index (κ3) is 2.83. The molecule has 1 aliphatic rings. The van der Waals surface area contributed by atoms with Crippen molar-refractivity contribution in [2.24, 2.45) is 5.41 Å². The van der Waals surface area contributed by atoms with Crippen molar-refractivity contribution in [1.29, 1.82) is 0 Å². The third-order valence-electron chi connectivity index (χ3n) is 4.54. The zero-order valence-corrected chi connectivity index (χ0v) is 15.7. The average molecular weight is 353 g/mol. The number of carbonyl (C=O) groups is 2. The number of aryl methyl sites for hydroxylation is 2. The van der Waals surface area contributed by atoms with E-state index in [9.17, 15) is 14.7 Å². The largest absolute Gasteiger partial charge is 0.503 e. The molecule has 2 aromatic rings. The van der Waals surface area contributed by atoms with Crippen LogP contribution >= 0.6 is 0 Å². The summed E-state index contributed by atoms with van der Waals surface area (Å²) in [6, 6.07) is 10.1. The van der Waals surface area contributed by atoms with E-state index in [0.29, 0.717) is 17.2 Å². The number of para-hydroxylation sites is 1. The molecular weight excluding hydrogens is 330 g/mol. The number of amides is 1. The summed E-state index contributed by atoms with van der Waals surface area (Å²) in [5.41, 5.74) is 0.844. The van der Waals surface area contributed by atoms with Gasteiger partial charge in [0.1, 0.15) is 17.6 Å². The number of benzene rings is 1. The van der Waals surface area contributed by atoms with Crippen LogP contribution in [-0.4, -0.2) is 16.8 Å². The first-order chi connectivity index (χ1) is 12.1. The molecule has 1 amide bonds. The zero-order valence-electron chi connectivity index (χ0n) is 15.7. The highest BCUT2D eigenvalue weighted by Crippen LogP contribution is 2.44. The average Bonchev–Trinajstić information content (AvgIpc) is 3.09. The number of anilines is 1. The SMILES string of the molecule is Cc1ccc(C2C(C(=O)C(C)(C)C)=C(O)C(=O)N2c2ccccc2C)o1. The van der Waals surface area contributed by atoms with Gasteiger partial charge in [-0.3, -0.25) is 14.5 Å². The second-order valence-electron chi connectivity index (χ2n) is 7.65. The summed E-state index contributed by atoms with van der Waals surface area (Å²) in [7, 11) is 0. The van der Waals surface area contributed by atoms with Crippen LogP contribution in [0.5, 0.6) is 0 Å². The number of hydrogen-bond donors (Lipinski definition) is 1. The van der Waals surface area contributed by atoms with Crippen LogP contribution in [0, 0.1) is 19.3 Å². The molecule has 1 aliphatic heterocycles. The van der Waals surface area contributed by atoms with E-state index < -0.39 is 23.1 Å². The summed E-state index contributed by atoms with van der Waals surface area (Å²) in [5.74, 6) is -0.251. The quantitative estimate of drug-likeness (QED) is 0.887. The predicted molar refractivity (Wildman–Crippen MR) is 99.0 cm³/mol. The van der Waals surface area contributed by atoms with E-state index >= 15 is 0 Å². The van der Waals surface area contributed by atoms with Gasteiger partial charge in [0, 0.05) is 11.1 Å². The van der Waals surface area contributed by atoms with Crippen molar-refractivity contribution in [2.45, 2.75) is 40.7 Å². The molecule has 1 N–H and O–H groups in total. The van der Waals surface area contributed by atoms with Gasteiger partial charge in [0.15, 0.2) is 11.5 Å². The van der Waals surface area contributed by atoms with Gasteiger partial charge in [-0.15, -0.1) is 0 Å². The molecular formula is C21H23NO4. The van der Waals surface area contributed by atoms with Gasteiger partial charge in [-0.1, -0.05) is 39.0 Å². The van der Waals surface area contributed by atoms with E-state index in [1.54, 1.807) is 45.9 Å². The molecule has 0 radical (unpaired) electrons. The molecule has 0 saturated carbocycles. The number of aliphatic hydroxyl groups excluding tert-OH is 1. The van der Waals surface area contributed by atoms with Crippen molar-refractivity contribution < 1.29 is 19.1 Å². The maximum Gasteiger partial charge on any atom is 0.294 e. The van der Waals surface area contributed by atoms with E-state index in [1.807, 2.05) is 25.1 Å². The highest BCUT2D eigenvalue weighted by Gasteiger charge is 2.48. The first kappa shape index (κ1) is 18.0. The number of carbonyl (C=O) groups excluding carboxylic acids is 2. The summed E-state index contributed by atoms with van der Waals surface area (Å²) < 4.78 is 5.76. The van der Waals surface area contributed by atoms with Gasteiger partial charge < -0.3 is 9.52 Å². The predicted octanol–water partition coefficient (Wildman–Crippen LogP) is 4.41. The van der Waals surface area contributed by atoms with Crippen molar-refractivity contribution >= 4 is 17.4 Å². The van der Waals surface area contributed by atoms with Gasteiger partial charge in [-0.25, -0.2) is 0 Å². The number of aliphatic hydroxyl groups is 1. The Morgan fingerprint density at radius 1 is 1.12 bits per heavy atom. The van der Waals surface area contributed by atoms with Gasteiger partial charge in [-0.2, -0.15) is 0 Å². The summed E-state index contributed by atoms with van der Waals surface area (Å²) in [6.07, 6.45) is 0. The standard InChI is InChI=1S/C21H23NO4/c1-12-8-6-7-9-14(12)22-17(15-11-10-13(2)26-15)16(18(23)20(22)25)19(24)21(3,4)5/h6-11,17,23H,1-5H3. The maximum absolute atomic E-state index is 13.0. The number of ketones is 1. The maximum atomic E-state index is 13.0. The summed E-state index contributed by atoms with van der Waals surface area (Å²) in [6.45, 7) is 8.98. The summed E-state index contributed by atoms with van der Waals surface area (Å²) in [4.78, 5) is 27.4. The van der Waals surface area contributed by atoms with E-state index in [4.69, 9.17) is 4.42 Å². The van der Waals surface area contributed by atoms with Crippen molar-refractivity contribution in [3.8, 4) is 0 Å². The Bertz CT molecular complexity index is 914. The Morgan fingerprint density at radius 2 is 1.77 bits per heavy atom. The fraction of sp³-hybridized carbons (Fsp3) is 0.333. The number of rotatable bonds is 3. The smallest absolute Gasteiger partial charge is 0.294 e. The molecule has 26 heavy (non-hydrogen) atoms. The van der Waals surface area contributed by atoms with E-state index in [1.165, 1.54) is 4.90 Å². The van der Waals surface area contributed by atoms with Crippen molar-refractivity contribution in [3.05, 3.63) is 64.8 Å². The van der Waals surface area contributed by atoms with E-state index in [0.717, 1.165) is 5.56 Å². The van der Waals surface area contributed by atoms with Crippen LogP contribution in [0.4, 0.5) is 5.69 Å². The Balaban J connectivity index is 2.22. The number of Topliss-reactive ketones (excluding diaryl/α,β-unsaturated/α-hetero) is 1. The fourth-order valence-electron chi connectivity index (χ4n) is 3.19. The highest BCUT2D eigenvalue weighted by molar-refractivity contribution is 6.17. The molecule has 0 fully saturated rings. The molecule has 0 aliphatic carbocycles. The molecule has 0 spiro atoms. The topological polar surface area (TPSA) is 70.8 Å². The minimum Gasteiger partial charge on any atom is -0.503 e. The second-order valence-corrected chi connectivity index (χ2v) is 7.65. The normalized spacial score (nSPS) is 18.0. The monoisotopic (exact) mass is 353 g/mol. The number of nitrogens with zero attached hydrogens (tertiary/aromatic N) is 1. The van der Waals surface area contributed by atoms with Gasteiger partial charge in [0.05, 0.1) is 5.57 Å². The second kappa shape index (κ2) is 6.16. The molecule has 1 atom stereocenters. The van der Waals surface area contributed by atoms with Gasteiger partial charge in [-0.05, 0) is 37.6 Å². The molecule has 2 heterocycles. The summed E-state index contributed by atoms with van der Waals surface area (Å²) >= 11 is 0. The van der Waals surface area contributed by atoms with Gasteiger partial charge in [0.25, 0.3) is 5.91 Å². The molecule has 136 valence electrons. The van der Waals surface area contributed by atoms with Crippen LogP contribution in [0.1, 0.15) is 43.9 Å². The van der Waals surface area contributed by atoms with Crippen molar-refractivity contribution in [1.82, 2.24) is 0 Å². The van der Waals surface area contributed by atoms with Crippen LogP contribution in [0.15, 0.2) is 52.1 Å². The molecule has 1 unspecified atom stereocenters. The molecule has 0 saturated heterocycles. The Morgan fingerprint density at radius 3 is 2.31 bits per heavy atom. The van der Waals surface area contributed by atoms with Crippen LogP contribution in [-0.2, 0) is 9.59 Å². The van der Waals surface area contributed by atoms with Crippen LogP contribution in [0.3, 0.4) is 0 Å². The molecule has 1 aromatic heterocycles. The Labute approximate surface area is 152 Å². The van der Waals surface area contributed by atoms with Crippen molar-refractivity contribution in [2.75, 3.05) is 4.90 Å². The molecule has 0 bridgehead atoms. The van der Waals surface area contributed by atoms with Gasteiger partial charge in [0.2, 0.25) is 0 Å². The summed E-state index contributed by atoms with van der Waals surface area (Å²) in [5, 5.41) is 10.6. The van der Waals surface area contributed by atoms with Crippen molar-refractivity contribution in [3.63, 3.8) is 0 Å². The molecule has 3 rings (SSSR count). The highest BCUT2D eigenvalue weighted by atomic mass is 16.3. The number of furan rings is 1. The zero-order chi connectivity index (χ0) is 19.2. The molecule has 1 aromatic carbocycles. The lowest BCUT2D eigenvalue weighted by Gasteiger charge is -2.28. The molecule has 5 heteroatoms. The minimum atomic E-state index is -0.788. The van der Waals surface area contributed by atoms with E-state index in [2.05, 4.69) is 0 Å². The lowest BCUT2D eigenvalue weighted by molar-refractivity contribution is -0.123. The van der Waals surface area contributed by atoms with Gasteiger partial charge >= 0.3 is 0 Å². The lowest BCUT2D eigenvalue weighted by atomic mass is 9.83. The first-order valence-electron chi connectivity index (χ1n) is 8.56. The van der Waals surface area contributed by atoms with E-state index in [-0.39, 0.29) is 11.4 Å². The number of hydrogen-bond acceptors (Lipinski definition) is 4. The van der Waals surface area contributed by atoms with Crippen LogP contribution in [0.2, 0.25) is 0 Å². The molecule has 5 nitrogen and oxygen atoms in total. The Hall–Kier alpha value is -2.82. The minimum absolute atomic E-state index is 0.0834. The third-order valence-corrected chi connectivity index (χ3v) is 4.54.